The van der Waals surface area contributed by atoms with Gasteiger partial charge in [-0.25, -0.2) is 9.59 Å². The first-order valence-corrected chi connectivity index (χ1v) is 13.7. The summed E-state index contributed by atoms with van der Waals surface area (Å²) < 4.78 is 10.2. The van der Waals surface area contributed by atoms with Crippen LogP contribution in [0.25, 0.3) is 0 Å². The quantitative estimate of drug-likeness (QED) is 0.140. The maximum absolute atomic E-state index is 11.5. The number of ether oxygens (including phenoxy) is 2. The minimum atomic E-state index is -1.83. The second-order valence-electron chi connectivity index (χ2n) is 6.99. The fraction of sp³-hybridized carbons (Fsp3) is 0.909. The van der Waals surface area contributed by atoms with Crippen LogP contribution in [0.3, 0.4) is 0 Å². The van der Waals surface area contributed by atoms with Crippen LogP contribution in [-0.4, -0.2) is 58.7 Å². The van der Waals surface area contributed by atoms with E-state index in [0.29, 0.717) is 13.2 Å². The first kappa shape index (κ1) is 31.4. The molecule has 180 valence electrons. The van der Waals surface area contributed by atoms with Crippen molar-refractivity contribution in [3.05, 3.63) is 0 Å². The largest absolute Gasteiger partial charge is 0.508 e. The van der Waals surface area contributed by atoms with Crippen molar-refractivity contribution in [1.29, 1.82) is 0 Å². The van der Waals surface area contributed by atoms with Gasteiger partial charge in [0.1, 0.15) is 13.2 Å². The van der Waals surface area contributed by atoms with Crippen LogP contribution in [0.5, 0.6) is 0 Å². The number of rotatable bonds is 20. The van der Waals surface area contributed by atoms with Crippen molar-refractivity contribution in [3.8, 4) is 0 Å². The van der Waals surface area contributed by atoms with E-state index in [1.807, 2.05) is 23.5 Å². The van der Waals surface area contributed by atoms with E-state index in [0.717, 1.165) is 11.5 Å². The summed E-state index contributed by atoms with van der Waals surface area (Å²) in [5, 5.41) is 13.9. The lowest BCUT2D eigenvalue weighted by Crippen LogP contribution is -2.11. The zero-order valence-corrected chi connectivity index (χ0v) is 20.7. The molecule has 0 fully saturated rings. The molecule has 0 saturated heterocycles. The van der Waals surface area contributed by atoms with E-state index in [9.17, 15) is 4.79 Å². The highest BCUT2D eigenvalue weighted by molar-refractivity contribution is 7.99. The molecular formula is C22H44O6S2. The molecule has 30 heavy (non-hydrogen) atoms. The van der Waals surface area contributed by atoms with E-state index in [1.165, 1.54) is 88.6 Å². The molecule has 0 amide bonds. The number of thioether (sulfide) groups is 2. The molecule has 0 bridgehead atoms. The second kappa shape index (κ2) is 28.2. The van der Waals surface area contributed by atoms with Crippen molar-refractivity contribution in [3.63, 3.8) is 0 Å². The monoisotopic (exact) mass is 468 g/mol. The Balaban J connectivity index is 0. The van der Waals surface area contributed by atoms with Crippen molar-refractivity contribution in [2.75, 3.05) is 36.2 Å². The maximum Gasteiger partial charge on any atom is 0.508 e. The molecule has 0 radical (unpaired) electrons. The average molecular weight is 469 g/mol. The van der Waals surface area contributed by atoms with Gasteiger partial charge < -0.3 is 19.7 Å². The molecule has 0 saturated carbocycles. The third kappa shape index (κ3) is 34.7. The van der Waals surface area contributed by atoms with Gasteiger partial charge in [0.05, 0.1) is 0 Å². The van der Waals surface area contributed by atoms with Crippen LogP contribution in [0.15, 0.2) is 0 Å². The SMILES string of the molecule is CCCCCCCCSCCOC(=O)OCCSCCCCCCCC.O=C(O)O. The molecule has 8 heteroatoms. The molecule has 0 aromatic rings. The molecule has 0 aromatic carbocycles. The third-order valence-corrected chi connectivity index (χ3v) is 6.25. The van der Waals surface area contributed by atoms with E-state index >= 15 is 0 Å². The highest BCUT2D eigenvalue weighted by atomic mass is 32.2. The van der Waals surface area contributed by atoms with Crippen LogP contribution in [-0.2, 0) is 9.47 Å². The molecule has 2 N–H and O–H groups in total. The maximum atomic E-state index is 11.5. The Morgan fingerprint density at radius 3 is 1.30 bits per heavy atom. The lowest BCUT2D eigenvalue weighted by atomic mass is 10.1. The summed E-state index contributed by atoms with van der Waals surface area (Å²) in [4.78, 5) is 20.0. The van der Waals surface area contributed by atoms with Crippen LogP contribution in [0.1, 0.15) is 90.9 Å². The summed E-state index contributed by atoms with van der Waals surface area (Å²) in [6.45, 7) is 5.42. The first-order chi connectivity index (χ1) is 14.5. The Labute approximate surface area is 192 Å². The summed E-state index contributed by atoms with van der Waals surface area (Å²) in [7, 11) is 0. The summed E-state index contributed by atoms with van der Waals surface area (Å²) in [5.74, 6) is 4.08. The molecule has 0 aliphatic rings. The Hall–Kier alpha value is -0.760. The molecule has 0 aliphatic heterocycles. The van der Waals surface area contributed by atoms with Crippen LogP contribution in [0.4, 0.5) is 9.59 Å². The Morgan fingerprint density at radius 1 is 0.600 bits per heavy atom. The zero-order chi connectivity index (χ0) is 22.7. The van der Waals surface area contributed by atoms with E-state index in [2.05, 4.69) is 13.8 Å². The van der Waals surface area contributed by atoms with E-state index in [4.69, 9.17) is 24.5 Å². The topological polar surface area (TPSA) is 93.1 Å². The summed E-state index contributed by atoms with van der Waals surface area (Å²) >= 11 is 3.73. The summed E-state index contributed by atoms with van der Waals surface area (Å²) in [5.41, 5.74) is 0. The van der Waals surface area contributed by atoms with Gasteiger partial charge in [0.25, 0.3) is 0 Å². The zero-order valence-electron chi connectivity index (χ0n) is 19.1. The minimum Gasteiger partial charge on any atom is -0.450 e. The predicted octanol–water partition coefficient (Wildman–Crippen LogP) is 7.55. The van der Waals surface area contributed by atoms with Crippen molar-refractivity contribution >= 4 is 35.8 Å². The number of hydrogen-bond acceptors (Lipinski definition) is 6. The number of carbonyl (C=O) groups excluding carboxylic acids is 1. The second-order valence-corrected chi connectivity index (χ2v) is 9.44. The van der Waals surface area contributed by atoms with Crippen molar-refractivity contribution in [2.45, 2.75) is 90.9 Å². The molecule has 0 unspecified atom stereocenters. The lowest BCUT2D eigenvalue weighted by molar-refractivity contribution is 0.0645. The summed E-state index contributed by atoms with van der Waals surface area (Å²) in [6, 6.07) is 0. The van der Waals surface area contributed by atoms with Gasteiger partial charge in [-0.05, 0) is 24.3 Å². The van der Waals surface area contributed by atoms with Crippen molar-refractivity contribution in [2.24, 2.45) is 0 Å². The standard InChI is InChI=1S/C21H42O3S2.CH2O3/c1-3-5-7-9-11-13-17-25-19-15-23-21(22)24-16-20-26-18-14-12-10-8-6-4-2;2-1(3)4/h3-20H2,1-2H3;(H2,2,3,4). The van der Waals surface area contributed by atoms with Crippen LogP contribution in [0, 0.1) is 0 Å². The lowest BCUT2D eigenvalue weighted by Gasteiger charge is -2.06. The van der Waals surface area contributed by atoms with Gasteiger partial charge in [0.15, 0.2) is 0 Å². The normalized spacial score (nSPS) is 10.2. The van der Waals surface area contributed by atoms with Gasteiger partial charge in [-0.1, -0.05) is 78.1 Å². The Bertz CT molecular complexity index is 340. The molecule has 0 rings (SSSR count). The number of hydrogen-bond donors (Lipinski definition) is 2. The van der Waals surface area contributed by atoms with Gasteiger partial charge >= 0.3 is 12.3 Å². The number of carbonyl (C=O) groups is 2. The van der Waals surface area contributed by atoms with Crippen LogP contribution < -0.4 is 0 Å². The van der Waals surface area contributed by atoms with Crippen molar-refractivity contribution < 1.29 is 29.3 Å². The Morgan fingerprint density at radius 2 is 0.933 bits per heavy atom. The fourth-order valence-electron chi connectivity index (χ4n) is 2.58. The molecule has 0 spiro atoms. The molecular weight excluding hydrogens is 424 g/mol. The third-order valence-electron chi connectivity index (χ3n) is 4.18. The van der Waals surface area contributed by atoms with Gasteiger partial charge in [-0.15, -0.1) is 0 Å². The number of carboxylic acid groups (broad SMARTS) is 2. The van der Waals surface area contributed by atoms with Gasteiger partial charge in [0.2, 0.25) is 0 Å². The molecule has 0 aromatic heterocycles. The molecule has 0 heterocycles. The smallest absolute Gasteiger partial charge is 0.450 e. The van der Waals surface area contributed by atoms with Gasteiger partial charge in [-0.3, -0.25) is 0 Å². The summed E-state index contributed by atoms with van der Waals surface area (Å²) in [6.07, 6.45) is 13.6. The predicted molar refractivity (Wildman–Crippen MR) is 129 cm³/mol. The minimum absolute atomic E-state index is 0.463. The van der Waals surface area contributed by atoms with Crippen LogP contribution >= 0.6 is 23.5 Å². The van der Waals surface area contributed by atoms with E-state index in [-0.39, 0.29) is 0 Å². The van der Waals surface area contributed by atoms with E-state index < -0.39 is 12.3 Å². The average Bonchev–Trinajstić information content (AvgIpc) is 2.70. The molecule has 0 atom stereocenters. The Kier molecular flexibility index (Phi) is 29.6. The number of unbranched alkanes of at least 4 members (excludes halogenated alkanes) is 10. The first-order valence-electron chi connectivity index (χ1n) is 11.4. The highest BCUT2D eigenvalue weighted by Crippen LogP contribution is 2.11. The van der Waals surface area contributed by atoms with Gasteiger partial charge in [-0.2, -0.15) is 23.5 Å². The highest BCUT2D eigenvalue weighted by Gasteiger charge is 2.03. The fourth-order valence-corrected chi connectivity index (χ4v) is 4.21. The van der Waals surface area contributed by atoms with Gasteiger partial charge in [0, 0.05) is 11.5 Å². The molecule has 0 aliphatic carbocycles. The van der Waals surface area contributed by atoms with Crippen LogP contribution in [0.2, 0.25) is 0 Å². The van der Waals surface area contributed by atoms with Crippen molar-refractivity contribution in [1.82, 2.24) is 0 Å². The molecule has 6 nitrogen and oxygen atoms in total. The van der Waals surface area contributed by atoms with E-state index in [1.54, 1.807) is 0 Å².